The molecule has 2 aromatic rings. The van der Waals surface area contributed by atoms with Crippen LogP contribution in [-0.4, -0.2) is 18.0 Å². The van der Waals surface area contributed by atoms with Gasteiger partial charge in [0.2, 0.25) is 11.8 Å². The van der Waals surface area contributed by atoms with E-state index >= 15 is 0 Å². The molecule has 26 heavy (non-hydrogen) atoms. The van der Waals surface area contributed by atoms with Gasteiger partial charge in [-0.1, -0.05) is 47.0 Å². The lowest BCUT2D eigenvalue weighted by molar-refractivity contribution is -0.124. The number of carbonyl (C=O) groups excluding carboxylic acids is 2. The highest BCUT2D eigenvalue weighted by Crippen LogP contribution is 2.22. The summed E-state index contributed by atoms with van der Waals surface area (Å²) in [6.45, 7) is 3.91. The summed E-state index contributed by atoms with van der Waals surface area (Å²) in [5, 5.41) is 7.49. The predicted molar refractivity (Wildman–Crippen MR) is 106 cm³/mol. The number of hydrazone groups is 1. The average Bonchev–Trinajstić information content (AvgIpc) is 2.58. The number of carbonyl (C=O) groups is 2. The maximum absolute atomic E-state index is 12.0. The molecule has 2 amide bonds. The highest BCUT2D eigenvalue weighted by Gasteiger charge is 2.08. The lowest BCUT2D eigenvalue weighted by atomic mass is 10.1. The van der Waals surface area contributed by atoms with Gasteiger partial charge in [0.1, 0.15) is 0 Å². The van der Waals surface area contributed by atoms with Crippen molar-refractivity contribution < 1.29 is 9.59 Å². The number of hydrogen-bond donors (Lipinski definition) is 2. The van der Waals surface area contributed by atoms with Gasteiger partial charge >= 0.3 is 0 Å². The minimum Gasteiger partial charge on any atom is -0.326 e. The molecule has 0 fully saturated rings. The van der Waals surface area contributed by atoms with Crippen molar-refractivity contribution in [1.82, 2.24) is 5.43 Å². The third-order valence-electron chi connectivity index (χ3n) is 3.62. The first-order chi connectivity index (χ1) is 12.4. The van der Waals surface area contributed by atoms with Crippen LogP contribution in [0.5, 0.6) is 0 Å². The summed E-state index contributed by atoms with van der Waals surface area (Å²) >= 11 is 12.0. The van der Waals surface area contributed by atoms with Crippen molar-refractivity contribution in [1.29, 1.82) is 0 Å². The largest absolute Gasteiger partial charge is 0.326 e. The zero-order valence-electron chi connectivity index (χ0n) is 14.5. The molecule has 0 aromatic heterocycles. The minimum absolute atomic E-state index is 0.0182. The number of benzene rings is 2. The van der Waals surface area contributed by atoms with Gasteiger partial charge in [0.15, 0.2) is 0 Å². The molecule has 7 heteroatoms. The molecular formula is C19H19Cl2N3O2. The molecule has 2 N–H and O–H groups in total. The van der Waals surface area contributed by atoms with Crippen molar-refractivity contribution in [2.45, 2.75) is 26.7 Å². The molecule has 0 atom stereocenters. The molecule has 136 valence electrons. The Hall–Kier alpha value is -2.37. The van der Waals surface area contributed by atoms with Gasteiger partial charge in [0.05, 0.1) is 16.3 Å². The highest BCUT2D eigenvalue weighted by atomic mass is 35.5. The number of aryl methyl sites for hydroxylation is 2. The lowest BCUT2D eigenvalue weighted by Crippen LogP contribution is -2.21. The first-order valence-electron chi connectivity index (χ1n) is 8.00. The summed E-state index contributed by atoms with van der Waals surface area (Å²) in [6, 6.07) is 10.8. The molecule has 2 rings (SSSR count). The van der Waals surface area contributed by atoms with Gasteiger partial charge in [-0.3, -0.25) is 9.59 Å². The van der Waals surface area contributed by atoms with Crippen LogP contribution in [0.2, 0.25) is 10.0 Å². The third kappa shape index (κ3) is 5.86. The fraction of sp³-hybridized carbons (Fsp3) is 0.211. The first kappa shape index (κ1) is 19.9. The minimum atomic E-state index is -0.375. The van der Waals surface area contributed by atoms with E-state index in [1.165, 1.54) is 6.21 Å². The van der Waals surface area contributed by atoms with E-state index in [4.69, 9.17) is 23.2 Å². The van der Waals surface area contributed by atoms with E-state index < -0.39 is 0 Å². The van der Waals surface area contributed by atoms with Crippen molar-refractivity contribution in [3.8, 4) is 0 Å². The number of hydrogen-bond acceptors (Lipinski definition) is 3. The molecule has 0 saturated heterocycles. The van der Waals surface area contributed by atoms with Crippen molar-refractivity contribution >= 4 is 46.9 Å². The summed E-state index contributed by atoms with van der Waals surface area (Å²) in [7, 11) is 0. The van der Waals surface area contributed by atoms with Crippen molar-refractivity contribution in [3.05, 3.63) is 63.1 Å². The smallest absolute Gasteiger partial charge is 0.240 e. The van der Waals surface area contributed by atoms with Gasteiger partial charge in [-0.15, -0.1) is 0 Å². The van der Waals surface area contributed by atoms with Gasteiger partial charge in [-0.2, -0.15) is 5.10 Å². The van der Waals surface area contributed by atoms with Crippen LogP contribution in [0, 0.1) is 13.8 Å². The van der Waals surface area contributed by atoms with Crippen LogP contribution >= 0.6 is 23.2 Å². The SMILES string of the molecule is Cc1ccc(NC(=O)CCC(=O)N/N=C\c2c(Cl)cccc2Cl)c(C)c1. The highest BCUT2D eigenvalue weighted by molar-refractivity contribution is 6.38. The molecule has 0 saturated carbocycles. The van der Waals surface area contributed by atoms with Crippen molar-refractivity contribution in [3.63, 3.8) is 0 Å². The molecular weight excluding hydrogens is 373 g/mol. The predicted octanol–water partition coefficient (Wildman–Crippen LogP) is 4.48. The number of anilines is 1. The van der Waals surface area contributed by atoms with E-state index in [9.17, 15) is 9.59 Å². The number of halogens is 2. The van der Waals surface area contributed by atoms with E-state index in [0.717, 1.165) is 16.8 Å². The Labute approximate surface area is 162 Å². The molecule has 0 unspecified atom stereocenters. The van der Waals surface area contributed by atoms with Gasteiger partial charge in [0, 0.05) is 24.1 Å². The maximum Gasteiger partial charge on any atom is 0.240 e. The average molecular weight is 392 g/mol. The fourth-order valence-electron chi connectivity index (χ4n) is 2.25. The zero-order chi connectivity index (χ0) is 19.1. The van der Waals surface area contributed by atoms with E-state index in [2.05, 4.69) is 15.8 Å². The van der Waals surface area contributed by atoms with Crippen LogP contribution in [-0.2, 0) is 9.59 Å². The zero-order valence-corrected chi connectivity index (χ0v) is 16.0. The van der Waals surface area contributed by atoms with Crippen LogP contribution < -0.4 is 10.7 Å². The molecule has 0 aliphatic carbocycles. The standard InChI is InChI=1S/C19H19Cl2N3O2/c1-12-6-7-17(13(2)10-12)23-18(25)8-9-19(26)24-22-11-14-15(20)4-3-5-16(14)21/h3-7,10-11H,8-9H2,1-2H3,(H,23,25)(H,24,26)/b22-11-. The summed E-state index contributed by atoms with van der Waals surface area (Å²) in [5.74, 6) is -0.606. The third-order valence-corrected chi connectivity index (χ3v) is 4.28. The topological polar surface area (TPSA) is 70.6 Å². The van der Waals surface area contributed by atoms with E-state index in [0.29, 0.717) is 15.6 Å². The summed E-state index contributed by atoms with van der Waals surface area (Å²) in [4.78, 5) is 23.8. The second-order valence-corrected chi connectivity index (χ2v) is 6.61. The van der Waals surface area contributed by atoms with E-state index in [1.807, 2.05) is 32.0 Å². The lowest BCUT2D eigenvalue weighted by Gasteiger charge is -2.08. The Bertz CT molecular complexity index is 830. The monoisotopic (exact) mass is 391 g/mol. The Balaban J connectivity index is 1.81. The molecule has 0 spiro atoms. The molecule has 2 aromatic carbocycles. The van der Waals surface area contributed by atoms with Crippen LogP contribution in [0.4, 0.5) is 5.69 Å². The normalized spacial score (nSPS) is 10.8. The molecule has 0 bridgehead atoms. The van der Waals surface area contributed by atoms with Crippen molar-refractivity contribution in [2.75, 3.05) is 5.32 Å². The van der Waals surface area contributed by atoms with Gasteiger partial charge < -0.3 is 5.32 Å². The molecule has 0 heterocycles. The molecule has 5 nitrogen and oxygen atoms in total. The summed E-state index contributed by atoms with van der Waals surface area (Å²) in [5.41, 5.74) is 5.71. The first-order valence-corrected chi connectivity index (χ1v) is 8.75. The van der Waals surface area contributed by atoms with Crippen LogP contribution in [0.3, 0.4) is 0 Å². The summed E-state index contributed by atoms with van der Waals surface area (Å²) in [6.07, 6.45) is 1.45. The Morgan fingerprint density at radius 2 is 1.69 bits per heavy atom. The van der Waals surface area contributed by atoms with Gasteiger partial charge in [-0.05, 0) is 37.6 Å². The quantitative estimate of drug-likeness (QED) is 0.562. The summed E-state index contributed by atoms with van der Waals surface area (Å²) < 4.78 is 0. The maximum atomic E-state index is 12.0. The van der Waals surface area contributed by atoms with Gasteiger partial charge in [0.25, 0.3) is 0 Å². The van der Waals surface area contributed by atoms with Crippen LogP contribution in [0.1, 0.15) is 29.5 Å². The molecule has 0 aliphatic rings. The number of amides is 2. The van der Waals surface area contributed by atoms with Gasteiger partial charge in [-0.25, -0.2) is 5.43 Å². The number of nitrogens with zero attached hydrogens (tertiary/aromatic N) is 1. The van der Waals surface area contributed by atoms with E-state index in [1.54, 1.807) is 18.2 Å². The Kier molecular flexibility index (Phi) is 7.18. The number of rotatable bonds is 6. The molecule has 0 radical (unpaired) electrons. The second-order valence-electron chi connectivity index (χ2n) is 5.80. The fourth-order valence-corrected chi connectivity index (χ4v) is 2.75. The Morgan fingerprint density at radius 1 is 1.04 bits per heavy atom. The molecule has 0 aliphatic heterocycles. The Morgan fingerprint density at radius 3 is 2.35 bits per heavy atom. The van der Waals surface area contributed by atoms with Crippen LogP contribution in [0.15, 0.2) is 41.5 Å². The van der Waals surface area contributed by atoms with E-state index in [-0.39, 0.29) is 24.7 Å². The van der Waals surface area contributed by atoms with Crippen LogP contribution in [0.25, 0.3) is 0 Å². The second kappa shape index (κ2) is 9.36. The number of nitrogens with one attached hydrogen (secondary N) is 2. The van der Waals surface area contributed by atoms with Crippen molar-refractivity contribution in [2.24, 2.45) is 5.10 Å².